The van der Waals surface area contributed by atoms with E-state index in [1.807, 2.05) is 6.92 Å². The van der Waals surface area contributed by atoms with Crippen LogP contribution in [0.15, 0.2) is 48.5 Å². The molecule has 0 radical (unpaired) electrons. The average molecular weight is 392 g/mol. The molecular weight excluding hydrogens is 368 g/mol. The standard InChI is InChI=1S/C19H24N2O5S/c1-5-26-17-11-9-15(10-12-17)20-19(22)14(2)21(27(4,23)24)16-7-6-8-18(13-16)25-3/h6-14H,5H2,1-4H3,(H,20,22)/t14-/m0/s1. The van der Waals surface area contributed by atoms with Gasteiger partial charge in [-0.25, -0.2) is 8.42 Å². The second-order valence-electron chi connectivity index (χ2n) is 5.88. The minimum absolute atomic E-state index is 0.353. The Morgan fingerprint density at radius 2 is 1.81 bits per heavy atom. The molecule has 2 rings (SSSR count). The Balaban J connectivity index is 2.24. The molecule has 2 aromatic rings. The normalized spacial score (nSPS) is 12.1. The fourth-order valence-electron chi connectivity index (χ4n) is 2.60. The number of ether oxygens (including phenoxy) is 2. The summed E-state index contributed by atoms with van der Waals surface area (Å²) < 4.78 is 36.3. The molecule has 0 heterocycles. The first kappa shape index (κ1) is 20.6. The fraction of sp³-hybridized carbons (Fsp3) is 0.316. The number of rotatable bonds is 8. The predicted molar refractivity (Wildman–Crippen MR) is 106 cm³/mol. The Hall–Kier alpha value is -2.74. The Kier molecular flexibility index (Phi) is 6.68. The molecule has 1 atom stereocenters. The van der Waals surface area contributed by atoms with Gasteiger partial charge in [-0.15, -0.1) is 0 Å². The third kappa shape index (κ3) is 5.37. The van der Waals surface area contributed by atoms with E-state index in [0.717, 1.165) is 10.6 Å². The minimum Gasteiger partial charge on any atom is -0.497 e. The summed E-state index contributed by atoms with van der Waals surface area (Å²) >= 11 is 0. The van der Waals surface area contributed by atoms with Crippen LogP contribution < -0.4 is 19.1 Å². The number of methoxy groups -OCH3 is 1. The van der Waals surface area contributed by atoms with E-state index >= 15 is 0 Å². The summed E-state index contributed by atoms with van der Waals surface area (Å²) in [6, 6.07) is 12.5. The van der Waals surface area contributed by atoms with Crippen molar-refractivity contribution in [2.45, 2.75) is 19.9 Å². The van der Waals surface area contributed by atoms with Crippen LogP contribution in [0.3, 0.4) is 0 Å². The first-order valence-electron chi connectivity index (χ1n) is 8.43. The van der Waals surface area contributed by atoms with Crippen molar-refractivity contribution in [3.8, 4) is 11.5 Å². The molecule has 0 aliphatic rings. The number of amides is 1. The van der Waals surface area contributed by atoms with Gasteiger partial charge in [0.25, 0.3) is 0 Å². The lowest BCUT2D eigenvalue weighted by molar-refractivity contribution is -0.116. The molecule has 1 amide bonds. The van der Waals surface area contributed by atoms with Crippen LogP contribution in [0.25, 0.3) is 0 Å². The number of nitrogens with zero attached hydrogens (tertiary/aromatic N) is 1. The Labute approximate surface area is 160 Å². The highest BCUT2D eigenvalue weighted by molar-refractivity contribution is 7.92. The summed E-state index contributed by atoms with van der Waals surface area (Å²) in [5.74, 6) is 0.741. The van der Waals surface area contributed by atoms with E-state index in [1.54, 1.807) is 48.5 Å². The maximum Gasteiger partial charge on any atom is 0.247 e. The van der Waals surface area contributed by atoms with Crippen molar-refractivity contribution in [2.24, 2.45) is 0 Å². The number of nitrogens with one attached hydrogen (secondary N) is 1. The summed E-state index contributed by atoms with van der Waals surface area (Å²) in [6.45, 7) is 3.97. The third-order valence-electron chi connectivity index (χ3n) is 3.83. The monoisotopic (exact) mass is 392 g/mol. The predicted octanol–water partition coefficient (Wildman–Crippen LogP) is 2.89. The van der Waals surface area contributed by atoms with Gasteiger partial charge in [-0.1, -0.05) is 6.07 Å². The lowest BCUT2D eigenvalue weighted by atomic mass is 10.2. The number of carbonyl (C=O) groups excluding carboxylic acids is 1. The van der Waals surface area contributed by atoms with E-state index in [0.29, 0.717) is 29.5 Å². The van der Waals surface area contributed by atoms with Crippen molar-refractivity contribution in [2.75, 3.05) is 29.6 Å². The van der Waals surface area contributed by atoms with Crippen LogP contribution in [-0.4, -0.2) is 40.3 Å². The zero-order valence-corrected chi connectivity index (χ0v) is 16.6. The minimum atomic E-state index is -3.70. The van der Waals surface area contributed by atoms with E-state index in [1.165, 1.54) is 14.0 Å². The second kappa shape index (κ2) is 8.77. The zero-order chi connectivity index (χ0) is 20.0. The summed E-state index contributed by atoms with van der Waals surface area (Å²) in [4.78, 5) is 12.7. The van der Waals surface area contributed by atoms with Crippen LogP contribution in [0.2, 0.25) is 0 Å². The molecule has 2 aromatic carbocycles. The molecule has 0 fully saturated rings. The van der Waals surface area contributed by atoms with Crippen LogP contribution in [0.5, 0.6) is 11.5 Å². The molecule has 0 aromatic heterocycles. The van der Waals surface area contributed by atoms with Crippen LogP contribution in [0, 0.1) is 0 Å². The molecule has 7 nitrogen and oxygen atoms in total. The first-order valence-corrected chi connectivity index (χ1v) is 10.3. The van der Waals surface area contributed by atoms with Crippen LogP contribution in [-0.2, 0) is 14.8 Å². The van der Waals surface area contributed by atoms with Crippen molar-refractivity contribution in [1.82, 2.24) is 0 Å². The molecular formula is C19H24N2O5S. The van der Waals surface area contributed by atoms with Gasteiger partial charge < -0.3 is 14.8 Å². The van der Waals surface area contributed by atoms with Crippen molar-refractivity contribution >= 4 is 27.3 Å². The largest absolute Gasteiger partial charge is 0.497 e. The lowest BCUT2D eigenvalue weighted by Crippen LogP contribution is -2.45. The van der Waals surface area contributed by atoms with Crippen molar-refractivity contribution in [3.05, 3.63) is 48.5 Å². The van der Waals surface area contributed by atoms with Crippen LogP contribution in [0.4, 0.5) is 11.4 Å². The van der Waals surface area contributed by atoms with E-state index in [9.17, 15) is 13.2 Å². The van der Waals surface area contributed by atoms with Gasteiger partial charge in [0.05, 0.1) is 25.7 Å². The molecule has 0 bridgehead atoms. The molecule has 8 heteroatoms. The maximum absolute atomic E-state index is 12.7. The Morgan fingerprint density at radius 3 is 2.37 bits per heavy atom. The lowest BCUT2D eigenvalue weighted by Gasteiger charge is -2.28. The highest BCUT2D eigenvalue weighted by Crippen LogP contribution is 2.26. The third-order valence-corrected chi connectivity index (χ3v) is 5.07. The second-order valence-corrected chi connectivity index (χ2v) is 7.74. The molecule has 146 valence electrons. The summed E-state index contributed by atoms with van der Waals surface area (Å²) in [5.41, 5.74) is 0.903. The molecule has 1 N–H and O–H groups in total. The molecule has 0 saturated heterocycles. The van der Waals surface area contributed by atoms with Gasteiger partial charge in [0, 0.05) is 11.8 Å². The van der Waals surface area contributed by atoms with Crippen molar-refractivity contribution in [1.29, 1.82) is 0 Å². The molecule has 0 unspecified atom stereocenters. The summed E-state index contributed by atoms with van der Waals surface area (Å²) in [6.07, 6.45) is 1.06. The average Bonchev–Trinajstić information content (AvgIpc) is 2.62. The molecule has 0 aliphatic heterocycles. The summed E-state index contributed by atoms with van der Waals surface area (Å²) in [5, 5.41) is 2.73. The quantitative estimate of drug-likeness (QED) is 0.747. The fourth-order valence-corrected chi connectivity index (χ4v) is 3.77. The number of benzene rings is 2. The number of anilines is 2. The van der Waals surface area contributed by atoms with Gasteiger partial charge in [0.2, 0.25) is 15.9 Å². The van der Waals surface area contributed by atoms with Gasteiger partial charge in [0.1, 0.15) is 17.5 Å². The molecule has 0 aliphatic carbocycles. The molecule has 0 spiro atoms. The SMILES string of the molecule is CCOc1ccc(NC(=O)[C@H](C)N(c2cccc(OC)c2)S(C)(=O)=O)cc1. The number of carbonyl (C=O) groups is 1. The highest BCUT2D eigenvalue weighted by atomic mass is 32.2. The number of hydrogen-bond donors (Lipinski definition) is 1. The Morgan fingerprint density at radius 1 is 1.15 bits per heavy atom. The van der Waals surface area contributed by atoms with Gasteiger partial charge >= 0.3 is 0 Å². The van der Waals surface area contributed by atoms with E-state index in [4.69, 9.17) is 9.47 Å². The van der Waals surface area contributed by atoms with Crippen LogP contribution in [0.1, 0.15) is 13.8 Å². The van der Waals surface area contributed by atoms with Gasteiger partial charge in [-0.05, 0) is 50.2 Å². The topological polar surface area (TPSA) is 84.9 Å². The first-order chi connectivity index (χ1) is 12.8. The van der Waals surface area contributed by atoms with Crippen LogP contribution >= 0.6 is 0 Å². The van der Waals surface area contributed by atoms with Gasteiger partial charge in [-0.2, -0.15) is 0 Å². The van der Waals surface area contributed by atoms with Gasteiger partial charge in [0.15, 0.2) is 0 Å². The zero-order valence-electron chi connectivity index (χ0n) is 15.8. The van der Waals surface area contributed by atoms with E-state index < -0.39 is 22.0 Å². The highest BCUT2D eigenvalue weighted by Gasteiger charge is 2.29. The summed E-state index contributed by atoms with van der Waals surface area (Å²) in [7, 11) is -2.20. The maximum atomic E-state index is 12.7. The van der Waals surface area contributed by atoms with Crippen molar-refractivity contribution in [3.63, 3.8) is 0 Å². The Bertz CT molecular complexity index is 881. The molecule has 0 saturated carbocycles. The van der Waals surface area contributed by atoms with E-state index in [-0.39, 0.29) is 0 Å². The van der Waals surface area contributed by atoms with E-state index in [2.05, 4.69) is 5.32 Å². The number of sulfonamides is 1. The molecule has 27 heavy (non-hydrogen) atoms. The van der Waals surface area contributed by atoms with Crippen molar-refractivity contribution < 1.29 is 22.7 Å². The number of hydrogen-bond acceptors (Lipinski definition) is 5. The van der Waals surface area contributed by atoms with Gasteiger partial charge in [-0.3, -0.25) is 9.10 Å². The smallest absolute Gasteiger partial charge is 0.247 e.